The van der Waals surface area contributed by atoms with E-state index in [1.165, 1.54) is 22.5 Å². The Morgan fingerprint density at radius 1 is 1.00 bits per heavy atom. The number of fused-ring (bicyclic) bond motifs is 3. The predicted molar refractivity (Wildman–Crippen MR) is 108 cm³/mol. The number of carbonyl (C=O) groups is 2. The third kappa shape index (κ3) is 4.27. The summed E-state index contributed by atoms with van der Waals surface area (Å²) in [6.45, 7) is 0.446. The van der Waals surface area contributed by atoms with Crippen LogP contribution in [0.5, 0.6) is 0 Å². The Balaban J connectivity index is 1.33. The van der Waals surface area contributed by atoms with E-state index in [1.807, 2.05) is 24.3 Å². The number of aryl methyl sites for hydroxylation is 1. The van der Waals surface area contributed by atoms with Crippen LogP contribution in [0.15, 0.2) is 48.5 Å². The summed E-state index contributed by atoms with van der Waals surface area (Å²) in [6, 6.07) is 16.3. The second-order valence-corrected chi connectivity index (χ2v) is 7.81. The zero-order chi connectivity index (χ0) is 20.2. The Hall–Kier alpha value is -3.26. The molecule has 148 valence electrons. The molecule has 2 N–H and O–H groups in total. The van der Waals surface area contributed by atoms with Gasteiger partial charge in [0.2, 0.25) is 0 Å². The summed E-state index contributed by atoms with van der Waals surface area (Å²) in [5.41, 5.74) is 4.68. The minimum Gasteiger partial charge on any atom is -0.481 e. The largest absolute Gasteiger partial charge is 0.481 e. The molecule has 0 unspecified atom stereocenters. The Morgan fingerprint density at radius 3 is 2.28 bits per heavy atom. The number of hydrogen-bond acceptors (Lipinski definition) is 6. The van der Waals surface area contributed by atoms with Crippen molar-refractivity contribution in [1.29, 1.82) is 0 Å². The second kappa shape index (κ2) is 8.40. The number of carbonyl (C=O) groups excluding carboxylic acids is 1. The molecule has 1 aliphatic carbocycles. The van der Waals surface area contributed by atoms with Gasteiger partial charge in [-0.1, -0.05) is 59.9 Å². The molecule has 8 heteroatoms. The lowest BCUT2D eigenvalue weighted by molar-refractivity contribution is -0.136. The number of hydrogen-bond donors (Lipinski definition) is 2. The fourth-order valence-corrected chi connectivity index (χ4v) is 4.26. The van der Waals surface area contributed by atoms with E-state index in [-0.39, 0.29) is 25.5 Å². The summed E-state index contributed by atoms with van der Waals surface area (Å²) < 4.78 is 5.48. The zero-order valence-electron chi connectivity index (χ0n) is 15.5. The fourth-order valence-electron chi connectivity index (χ4n) is 3.47. The maximum absolute atomic E-state index is 12.2. The van der Waals surface area contributed by atoms with Crippen molar-refractivity contribution in [3.8, 4) is 11.1 Å². The third-order valence-corrected chi connectivity index (χ3v) is 5.77. The molecule has 1 aliphatic rings. The van der Waals surface area contributed by atoms with Crippen molar-refractivity contribution < 1.29 is 19.4 Å². The van der Waals surface area contributed by atoms with Crippen LogP contribution >= 0.6 is 11.3 Å². The van der Waals surface area contributed by atoms with E-state index in [4.69, 9.17) is 9.84 Å². The lowest BCUT2D eigenvalue weighted by Gasteiger charge is -2.14. The van der Waals surface area contributed by atoms with E-state index >= 15 is 0 Å². The van der Waals surface area contributed by atoms with Crippen LogP contribution in [0.2, 0.25) is 0 Å². The van der Waals surface area contributed by atoms with Crippen molar-refractivity contribution in [3.05, 3.63) is 69.7 Å². The number of nitrogens with zero attached hydrogens (tertiary/aromatic N) is 2. The molecule has 0 spiro atoms. The summed E-state index contributed by atoms with van der Waals surface area (Å²) >= 11 is 1.29. The highest BCUT2D eigenvalue weighted by molar-refractivity contribution is 7.11. The van der Waals surface area contributed by atoms with Crippen LogP contribution in [0.3, 0.4) is 0 Å². The first-order chi connectivity index (χ1) is 14.1. The summed E-state index contributed by atoms with van der Waals surface area (Å²) in [5.74, 6) is -0.865. The third-order valence-electron chi connectivity index (χ3n) is 4.79. The molecule has 0 atom stereocenters. The lowest BCUT2D eigenvalue weighted by atomic mass is 9.98. The maximum Gasteiger partial charge on any atom is 0.407 e. The van der Waals surface area contributed by atoms with Gasteiger partial charge >= 0.3 is 12.1 Å². The first-order valence-corrected chi connectivity index (χ1v) is 10.1. The Kier molecular flexibility index (Phi) is 5.53. The molecule has 7 nitrogen and oxygen atoms in total. The molecule has 4 rings (SSSR count). The number of carboxylic acids is 1. The van der Waals surface area contributed by atoms with Crippen LogP contribution in [-0.2, 0) is 22.5 Å². The Labute approximate surface area is 171 Å². The lowest BCUT2D eigenvalue weighted by Crippen LogP contribution is -2.25. The summed E-state index contributed by atoms with van der Waals surface area (Å²) in [4.78, 5) is 22.8. The van der Waals surface area contributed by atoms with Gasteiger partial charge in [0.05, 0.1) is 13.0 Å². The predicted octanol–water partition coefficient (Wildman–Crippen LogP) is 3.59. The number of carboxylic acid groups (broad SMARTS) is 1. The van der Waals surface area contributed by atoms with Gasteiger partial charge in [0, 0.05) is 12.3 Å². The second-order valence-electron chi connectivity index (χ2n) is 6.66. The van der Waals surface area contributed by atoms with Gasteiger partial charge in [0.1, 0.15) is 16.6 Å². The fraction of sp³-hybridized carbons (Fsp3) is 0.238. The van der Waals surface area contributed by atoms with Gasteiger partial charge in [0.25, 0.3) is 0 Å². The van der Waals surface area contributed by atoms with Gasteiger partial charge in [-0.15, -0.1) is 10.2 Å². The first kappa shape index (κ1) is 19.1. The summed E-state index contributed by atoms with van der Waals surface area (Å²) in [7, 11) is 0. The highest BCUT2D eigenvalue weighted by Gasteiger charge is 2.28. The smallest absolute Gasteiger partial charge is 0.407 e. The van der Waals surface area contributed by atoms with E-state index in [2.05, 4.69) is 39.8 Å². The number of nitrogens with one attached hydrogen (secondary N) is 1. The number of aromatic nitrogens is 2. The molecule has 0 bridgehead atoms. The van der Waals surface area contributed by atoms with Crippen molar-refractivity contribution in [3.63, 3.8) is 0 Å². The van der Waals surface area contributed by atoms with Gasteiger partial charge in [0.15, 0.2) is 0 Å². The van der Waals surface area contributed by atoms with Crippen LogP contribution in [0.25, 0.3) is 11.1 Å². The van der Waals surface area contributed by atoms with Crippen molar-refractivity contribution in [2.45, 2.75) is 25.3 Å². The monoisotopic (exact) mass is 409 g/mol. The molecule has 0 fully saturated rings. The van der Waals surface area contributed by atoms with Crippen LogP contribution in [0.1, 0.15) is 33.5 Å². The molecule has 0 radical (unpaired) electrons. The van der Waals surface area contributed by atoms with Crippen LogP contribution in [0.4, 0.5) is 4.79 Å². The molecule has 2 aromatic carbocycles. The van der Waals surface area contributed by atoms with Gasteiger partial charge in [-0.3, -0.25) is 4.79 Å². The highest BCUT2D eigenvalue weighted by Crippen LogP contribution is 2.44. The Bertz CT molecular complexity index is 1000. The average Bonchev–Trinajstić information content (AvgIpc) is 3.32. The minimum atomic E-state index is -0.876. The number of aliphatic carboxylic acids is 1. The van der Waals surface area contributed by atoms with Crippen LogP contribution in [-0.4, -0.2) is 34.0 Å². The summed E-state index contributed by atoms with van der Waals surface area (Å²) in [6.07, 6.45) is -0.180. The van der Waals surface area contributed by atoms with Gasteiger partial charge < -0.3 is 15.2 Å². The van der Waals surface area contributed by atoms with E-state index in [0.29, 0.717) is 16.4 Å². The molecule has 0 saturated carbocycles. The van der Waals surface area contributed by atoms with Crippen molar-refractivity contribution in [2.24, 2.45) is 0 Å². The minimum absolute atomic E-state index is 0.00837. The normalized spacial score (nSPS) is 12.3. The van der Waals surface area contributed by atoms with Crippen LogP contribution in [0, 0.1) is 0 Å². The number of amides is 1. The first-order valence-electron chi connectivity index (χ1n) is 9.23. The molecule has 0 aliphatic heterocycles. The molecule has 3 aromatic rings. The Morgan fingerprint density at radius 2 is 1.62 bits per heavy atom. The number of rotatable bonds is 7. The van der Waals surface area contributed by atoms with Gasteiger partial charge in [-0.05, 0) is 22.3 Å². The molecular formula is C21H19N3O4S. The topological polar surface area (TPSA) is 101 Å². The SMILES string of the molecule is O=C(O)CCc1nnc(CNC(=O)OCC2c3ccccc3-c3ccccc32)s1. The molecule has 1 amide bonds. The average molecular weight is 409 g/mol. The van der Waals surface area contributed by atoms with E-state index in [0.717, 1.165) is 11.1 Å². The molecule has 0 saturated heterocycles. The number of alkyl carbamates (subject to hydrolysis) is 1. The summed E-state index contributed by atoms with van der Waals surface area (Å²) in [5, 5.41) is 20.5. The van der Waals surface area contributed by atoms with Crippen molar-refractivity contribution in [1.82, 2.24) is 15.5 Å². The number of ether oxygens (including phenoxy) is 1. The van der Waals surface area contributed by atoms with E-state index in [9.17, 15) is 9.59 Å². The number of benzene rings is 2. The quantitative estimate of drug-likeness (QED) is 0.618. The molecule has 1 aromatic heterocycles. The highest BCUT2D eigenvalue weighted by atomic mass is 32.1. The van der Waals surface area contributed by atoms with Crippen LogP contribution < -0.4 is 5.32 Å². The van der Waals surface area contributed by atoms with E-state index < -0.39 is 12.1 Å². The van der Waals surface area contributed by atoms with Crippen molar-refractivity contribution in [2.75, 3.05) is 6.61 Å². The molecule has 29 heavy (non-hydrogen) atoms. The molecular weight excluding hydrogens is 390 g/mol. The maximum atomic E-state index is 12.2. The van der Waals surface area contributed by atoms with Gasteiger partial charge in [-0.2, -0.15) is 0 Å². The molecule has 1 heterocycles. The van der Waals surface area contributed by atoms with Crippen molar-refractivity contribution >= 4 is 23.4 Å². The standard InChI is InChI=1S/C21H19N3O4S/c25-20(26)10-9-18-23-24-19(29-18)11-22-21(27)28-12-17-15-7-3-1-5-13(15)14-6-2-4-8-16(14)17/h1-8,17H,9-12H2,(H,22,27)(H,25,26). The van der Waals surface area contributed by atoms with E-state index in [1.54, 1.807) is 0 Å². The zero-order valence-corrected chi connectivity index (χ0v) is 16.3. The van der Waals surface area contributed by atoms with Gasteiger partial charge in [-0.25, -0.2) is 4.79 Å².